The Kier molecular flexibility index (Phi) is 6.68. The number of benzene rings is 3. The molecule has 6 nitrogen and oxygen atoms in total. The van der Waals surface area contributed by atoms with E-state index in [-0.39, 0.29) is 10.9 Å². The number of nitrogens with one attached hydrogen (secondary N) is 1. The molecule has 0 saturated heterocycles. The molecular weight excluding hydrogens is 472 g/mol. The molecule has 1 heterocycles. The summed E-state index contributed by atoms with van der Waals surface area (Å²) >= 11 is 0. The van der Waals surface area contributed by atoms with Gasteiger partial charge in [0.2, 0.25) is 10.0 Å². The maximum Gasteiger partial charge on any atom is 0.240 e. The largest absolute Gasteiger partial charge is 0.389 e. The Morgan fingerprint density at radius 2 is 1.42 bits per heavy atom. The van der Waals surface area contributed by atoms with Crippen molar-refractivity contribution in [2.24, 2.45) is 0 Å². The number of para-hydroxylation sites is 2. The SMILES string of the molecule is CC(C)(O)c1ccc(S(=O)(=O)N[C@H]2CCC[C@@H](N3c4ccccc4CCc4ccccc43)[C@@H]2O)cc1. The molecule has 3 N–H and O–H groups in total. The van der Waals surface area contributed by atoms with Crippen LogP contribution in [0.25, 0.3) is 0 Å². The van der Waals surface area contributed by atoms with Crippen molar-refractivity contribution in [3.63, 3.8) is 0 Å². The molecule has 1 saturated carbocycles. The summed E-state index contributed by atoms with van der Waals surface area (Å²) in [6.07, 6.45) is 3.08. The third-order valence-corrected chi connectivity index (χ3v) is 9.00. The molecule has 3 aromatic rings. The van der Waals surface area contributed by atoms with Gasteiger partial charge >= 0.3 is 0 Å². The van der Waals surface area contributed by atoms with Gasteiger partial charge in [-0.05, 0) is 86.9 Å². The van der Waals surface area contributed by atoms with Crippen LogP contribution >= 0.6 is 0 Å². The van der Waals surface area contributed by atoms with Gasteiger partial charge in [0.05, 0.1) is 28.7 Å². The molecule has 0 amide bonds. The average Bonchev–Trinajstić information content (AvgIpc) is 3.02. The highest BCUT2D eigenvalue weighted by Gasteiger charge is 2.40. The number of aliphatic hydroxyl groups excluding tert-OH is 1. The van der Waals surface area contributed by atoms with Crippen LogP contribution in [0.5, 0.6) is 0 Å². The van der Waals surface area contributed by atoms with E-state index in [1.165, 1.54) is 23.3 Å². The van der Waals surface area contributed by atoms with Crippen molar-refractivity contribution in [2.45, 2.75) is 74.6 Å². The molecular formula is C29H34N2O4S. The van der Waals surface area contributed by atoms with Gasteiger partial charge in [0, 0.05) is 11.4 Å². The molecule has 3 atom stereocenters. The highest BCUT2D eigenvalue weighted by Crippen LogP contribution is 2.41. The predicted octanol–water partition coefficient (Wildman–Crippen LogP) is 4.41. The number of aliphatic hydroxyl groups is 2. The van der Waals surface area contributed by atoms with Gasteiger partial charge in [0.25, 0.3) is 0 Å². The Bertz CT molecular complexity index is 1280. The summed E-state index contributed by atoms with van der Waals surface area (Å²) in [5.41, 5.74) is 4.21. The number of rotatable bonds is 5. The molecule has 1 aliphatic carbocycles. The number of anilines is 2. The van der Waals surface area contributed by atoms with E-state index in [0.29, 0.717) is 12.0 Å². The predicted molar refractivity (Wildman–Crippen MR) is 142 cm³/mol. The van der Waals surface area contributed by atoms with E-state index in [0.717, 1.165) is 37.1 Å². The van der Waals surface area contributed by atoms with E-state index in [9.17, 15) is 18.6 Å². The van der Waals surface area contributed by atoms with Crippen LogP contribution in [0.1, 0.15) is 49.8 Å². The van der Waals surface area contributed by atoms with E-state index in [4.69, 9.17) is 0 Å². The minimum Gasteiger partial charge on any atom is -0.389 e. The van der Waals surface area contributed by atoms with Gasteiger partial charge in [-0.1, -0.05) is 48.5 Å². The van der Waals surface area contributed by atoms with E-state index < -0.39 is 27.8 Å². The van der Waals surface area contributed by atoms with Gasteiger partial charge in [-0.3, -0.25) is 0 Å². The van der Waals surface area contributed by atoms with E-state index >= 15 is 0 Å². The molecule has 1 fully saturated rings. The zero-order valence-corrected chi connectivity index (χ0v) is 21.6. The summed E-state index contributed by atoms with van der Waals surface area (Å²) in [6, 6.07) is 22.0. The Morgan fingerprint density at radius 1 is 0.861 bits per heavy atom. The fourth-order valence-electron chi connectivity index (χ4n) is 5.55. The summed E-state index contributed by atoms with van der Waals surface area (Å²) in [5.74, 6) is 0. The first-order valence-electron chi connectivity index (χ1n) is 12.6. The number of sulfonamides is 1. The molecule has 36 heavy (non-hydrogen) atoms. The Hall–Kier alpha value is -2.71. The van der Waals surface area contributed by atoms with E-state index in [2.05, 4.69) is 33.9 Å². The second kappa shape index (κ2) is 9.63. The zero-order valence-electron chi connectivity index (χ0n) is 20.8. The Balaban J connectivity index is 1.44. The number of nitrogens with zero attached hydrogens (tertiary/aromatic N) is 1. The van der Waals surface area contributed by atoms with Crippen LogP contribution in [0.2, 0.25) is 0 Å². The van der Waals surface area contributed by atoms with E-state index in [1.54, 1.807) is 26.0 Å². The highest BCUT2D eigenvalue weighted by molar-refractivity contribution is 7.89. The molecule has 0 unspecified atom stereocenters. The average molecular weight is 507 g/mol. The fraction of sp³-hybridized carbons (Fsp3) is 0.379. The maximum atomic E-state index is 13.2. The lowest BCUT2D eigenvalue weighted by Crippen LogP contribution is -2.55. The van der Waals surface area contributed by atoms with Crippen molar-refractivity contribution in [3.05, 3.63) is 89.5 Å². The molecule has 3 aromatic carbocycles. The summed E-state index contributed by atoms with van der Waals surface area (Å²) in [4.78, 5) is 2.36. The molecule has 0 aromatic heterocycles. The number of hydrogen-bond acceptors (Lipinski definition) is 5. The Labute approximate surface area is 213 Å². The second-order valence-corrected chi connectivity index (χ2v) is 12.1. The van der Waals surface area contributed by atoms with Crippen molar-refractivity contribution in [2.75, 3.05) is 4.90 Å². The van der Waals surface area contributed by atoms with Gasteiger partial charge < -0.3 is 15.1 Å². The minimum absolute atomic E-state index is 0.121. The van der Waals surface area contributed by atoms with Crippen LogP contribution in [-0.2, 0) is 28.5 Å². The van der Waals surface area contributed by atoms with Crippen molar-refractivity contribution < 1.29 is 18.6 Å². The zero-order chi connectivity index (χ0) is 25.5. The summed E-state index contributed by atoms with van der Waals surface area (Å²) in [7, 11) is -3.85. The smallest absolute Gasteiger partial charge is 0.240 e. The van der Waals surface area contributed by atoms with Crippen molar-refractivity contribution in [1.29, 1.82) is 0 Å². The van der Waals surface area contributed by atoms with E-state index in [1.807, 2.05) is 24.3 Å². The van der Waals surface area contributed by atoms with Crippen LogP contribution in [0.15, 0.2) is 77.7 Å². The quantitative estimate of drug-likeness (QED) is 0.477. The first-order chi connectivity index (χ1) is 17.1. The summed E-state index contributed by atoms with van der Waals surface area (Å²) < 4.78 is 29.3. The van der Waals surface area contributed by atoms with Gasteiger partial charge in [0.15, 0.2) is 0 Å². The monoisotopic (exact) mass is 506 g/mol. The topological polar surface area (TPSA) is 89.9 Å². The first-order valence-corrected chi connectivity index (χ1v) is 14.1. The third-order valence-electron chi connectivity index (χ3n) is 7.50. The molecule has 5 rings (SSSR count). The highest BCUT2D eigenvalue weighted by atomic mass is 32.2. The second-order valence-electron chi connectivity index (χ2n) is 10.4. The molecule has 0 spiro atoms. The van der Waals surface area contributed by atoms with Gasteiger partial charge in [-0.15, -0.1) is 0 Å². The standard InChI is InChI=1S/C29H34N2O4S/c1-29(2,33)22-16-18-23(19-17-22)36(34,35)30-24-10-7-13-27(28(24)32)31-25-11-5-3-8-20(25)14-15-21-9-4-6-12-26(21)31/h3-6,8-9,11-12,16-19,24,27-28,30,32-33H,7,10,13-15H2,1-2H3/t24-,27+,28+/m0/s1. The number of fused-ring (bicyclic) bond motifs is 2. The van der Waals surface area contributed by atoms with Crippen LogP contribution < -0.4 is 9.62 Å². The minimum atomic E-state index is -3.85. The van der Waals surface area contributed by atoms with Gasteiger partial charge in [-0.25, -0.2) is 13.1 Å². The van der Waals surface area contributed by atoms with Crippen molar-refractivity contribution in [3.8, 4) is 0 Å². The normalized spacial score (nSPS) is 22.4. The van der Waals surface area contributed by atoms with Gasteiger partial charge in [0.1, 0.15) is 0 Å². The Morgan fingerprint density at radius 3 is 1.97 bits per heavy atom. The van der Waals surface area contributed by atoms with Gasteiger partial charge in [-0.2, -0.15) is 0 Å². The molecule has 1 aliphatic heterocycles. The van der Waals surface area contributed by atoms with Crippen molar-refractivity contribution in [1.82, 2.24) is 4.72 Å². The molecule has 7 heteroatoms. The molecule has 2 aliphatic rings. The number of hydrogen-bond donors (Lipinski definition) is 3. The van der Waals surface area contributed by atoms with Crippen molar-refractivity contribution >= 4 is 21.4 Å². The first kappa shape index (κ1) is 25.0. The van der Waals surface area contributed by atoms with Crippen LogP contribution in [-0.4, -0.2) is 36.8 Å². The fourth-order valence-corrected chi connectivity index (χ4v) is 6.83. The lowest BCUT2D eigenvalue weighted by Gasteiger charge is -2.43. The molecule has 190 valence electrons. The maximum absolute atomic E-state index is 13.2. The van der Waals surface area contributed by atoms with Crippen LogP contribution in [0.3, 0.4) is 0 Å². The molecule has 0 bridgehead atoms. The third kappa shape index (κ3) is 4.81. The number of aryl methyl sites for hydroxylation is 2. The summed E-state index contributed by atoms with van der Waals surface area (Å²) in [5, 5.41) is 21.8. The lowest BCUT2D eigenvalue weighted by molar-refractivity contribution is 0.0785. The molecule has 0 radical (unpaired) electrons. The lowest BCUT2D eigenvalue weighted by atomic mass is 9.86. The summed E-state index contributed by atoms with van der Waals surface area (Å²) in [6.45, 7) is 3.32. The van der Waals surface area contributed by atoms with Crippen LogP contribution in [0.4, 0.5) is 11.4 Å². The van der Waals surface area contributed by atoms with Crippen LogP contribution in [0, 0.1) is 0 Å².